The maximum Gasteiger partial charge on any atom is 0.325 e. The zero-order chi connectivity index (χ0) is 13.7. The van der Waals surface area contributed by atoms with Crippen LogP contribution in [-0.2, 0) is 11.3 Å². The average Bonchev–Trinajstić information content (AvgIpc) is 2.27. The van der Waals surface area contributed by atoms with Gasteiger partial charge in [-0.25, -0.2) is 4.79 Å². The maximum atomic E-state index is 11.4. The van der Waals surface area contributed by atoms with Crippen LogP contribution in [0.25, 0.3) is 0 Å². The zero-order valence-electron chi connectivity index (χ0n) is 9.54. The molecular formula is C11H12BrClN2O3. The summed E-state index contributed by atoms with van der Waals surface area (Å²) in [5, 5.41) is 14.0. The molecule has 2 amide bonds. The summed E-state index contributed by atoms with van der Waals surface area (Å²) in [4.78, 5) is 21.9. The van der Waals surface area contributed by atoms with E-state index in [4.69, 9.17) is 16.7 Å². The molecule has 0 aliphatic carbocycles. The van der Waals surface area contributed by atoms with E-state index in [2.05, 4.69) is 26.6 Å². The van der Waals surface area contributed by atoms with Crippen LogP contribution in [0.1, 0.15) is 12.5 Å². The Balaban J connectivity index is 2.50. The van der Waals surface area contributed by atoms with Crippen LogP contribution in [-0.4, -0.2) is 23.1 Å². The van der Waals surface area contributed by atoms with Crippen LogP contribution in [0.3, 0.4) is 0 Å². The largest absolute Gasteiger partial charge is 0.480 e. The lowest BCUT2D eigenvalue weighted by Gasteiger charge is -2.11. The highest BCUT2D eigenvalue weighted by Gasteiger charge is 2.13. The molecule has 18 heavy (non-hydrogen) atoms. The minimum atomic E-state index is -1.09. The van der Waals surface area contributed by atoms with E-state index >= 15 is 0 Å². The van der Waals surface area contributed by atoms with E-state index in [0.29, 0.717) is 5.02 Å². The number of hydrogen-bond acceptors (Lipinski definition) is 2. The van der Waals surface area contributed by atoms with Crippen molar-refractivity contribution in [3.63, 3.8) is 0 Å². The smallest absolute Gasteiger partial charge is 0.325 e. The quantitative estimate of drug-likeness (QED) is 0.790. The molecule has 7 heteroatoms. The number of aliphatic carboxylic acids is 1. The van der Waals surface area contributed by atoms with Gasteiger partial charge in [-0.2, -0.15) is 0 Å². The van der Waals surface area contributed by atoms with Gasteiger partial charge in [0.25, 0.3) is 0 Å². The number of carbonyl (C=O) groups excluding carboxylic acids is 1. The van der Waals surface area contributed by atoms with E-state index in [9.17, 15) is 9.59 Å². The summed E-state index contributed by atoms with van der Waals surface area (Å²) in [6.45, 7) is 1.61. The predicted molar refractivity (Wildman–Crippen MR) is 71.6 cm³/mol. The standard InChI is InChI=1S/C11H12BrClN2O3/c1-6(10(16)17)15-11(18)14-5-7-2-3-8(12)4-9(7)13/h2-4,6H,5H2,1H3,(H,16,17)(H2,14,15,18). The summed E-state index contributed by atoms with van der Waals surface area (Å²) < 4.78 is 0.847. The maximum absolute atomic E-state index is 11.4. The molecule has 0 fully saturated rings. The van der Waals surface area contributed by atoms with Gasteiger partial charge in [-0.05, 0) is 24.6 Å². The third kappa shape index (κ3) is 4.54. The van der Waals surface area contributed by atoms with Crippen molar-refractivity contribution in [2.45, 2.75) is 19.5 Å². The second kappa shape index (κ2) is 6.61. The number of urea groups is 1. The second-order valence-electron chi connectivity index (χ2n) is 3.62. The van der Waals surface area contributed by atoms with E-state index in [0.717, 1.165) is 10.0 Å². The van der Waals surface area contributed by atoms with Gasteiger partial charge in [0.2, 0.25) is 0 Å². The lowest BCUT2D eigenvalue weighted by Crippen LogP contribution is -2.44. The Labute approximate surface area is 118 Å². The van der Waals surface area contributed by atoms with Crippen molar-refractivity contribution in [2.75, 3.05) is 0 Å². The number of benzene rings is 1. The second-order valence-corrected chi connectivity index (χ2v) is 4.95. The first kappa shape index (κ1) is 14.8. The Hall–Kier alpha value is -1.27. The number of carboxylic acid groups (broad SMARTS) is 1. The Bertz CT molecular complexity index is 468. The van der Waals surface area contributed by atoms with E-state index < -0.39 is 18.0 Å². The van der Waals surface area contributed by atoms with Gasteiger partial charge in [0.15, 0.2) is 0 Å². The number of amides is 2. The van der Waals surface area contributed by atoms with Gasteiger partial charge in [-0.3, -0.25) is 4.79 Å². The summed E-state index contributed by atoms with van der Waals surface area (Å²) in [5.74, 6) is -1.09. The molecule has 0 aromatic heterocycles. The molecule has 0 saturated carbocycles. The third-order valence-electron chi connectivity index (χ3n) is 2.17. The number of carbonyl (C=O) groups is 2. The first-order valence-electron chi connectivity index (χ1n) is 5.11. The third-order valence-corrected chi connectivity index (χ3v) is 3.02. The molecule has 1 atom stereocenters. The highest BCUT2D eigenvalue weighted by Crippen LogP contribution is 2.20. The van der Waals surface area contributed by atoms with Crippen LogP contribution in [0.15, 0.2) is 22.7 Å². The van der Waals surface area contributed by atoms with Crippen molar-refractivity contribution in [1.29, 1.82) is 0 Å². The summed E-state index contributed by atoms with van der Waals surface area (Å²) >= 11 is 9.25. The molecule has 0 spiro atoms. The van der Waals surface area contributed by atoms with E-state index in [-0.39, 0.29) is 6.54 Å². The lowest BCUT2D eigenvalue weighted by molar-refractivity contribution is -0.138. The van der Waals surface area contributed by atoms with Crippen LogP contribution in [0, 0.1) is 0 Å². The van der Waals surface area contributed by atoms with E-state index in [1.807, 2.05) is 0 Å². The van der Waals surface area contributed by atoms with Crippen molar-refractivity contribution >= 4 is 39.5 Å². The number of halogens is 2. The molecule has 1 rings (SSSR count). The first-order valence-corrected chi connectivity index (χ1v) is 6.28. The highest BCUT2D eigenvalue weighted by atomic mass is 79.9. The minimum absolute atomic E-state index is 0.226. The SMILES string of the molecule is CC(NC(=O)NCc1ccc(Br)cc1Cl)C(=O)O. The molecule has 5 nitrogen and oxygen atoms in total. The van der Waals surface area contributed by atoms with Gasteiger partial charge in [-0.15, -0.1) is 0 Å². The topological polar surface area (TPSA) is 78.4 Å². The summed E-state index contributed by atoms with van der Waals surface area (Å²) in [6, 6.07) is 3.80. The van der Waals surface area contributed by atoms with Crippen LogP contribution in [0.5, 0.6) is 0 Å². The highest BCUT2D eigenvalue weighted by molar-refractivity contribution is 9.10. The summed E-state index contributed by atoms with van der Waals surface area (Å²) in [5.41, 5.74) is 0.748. The summed E-state index contributed by atoms with van der Waals surface area (Å²) in [6.07, 6.45) is 0. The van der Waals surface area contributed by atoms with Gasteiger partial charge >= 0.3 is 12.0 Å². The zero-order valence-corrected chi connectivity index (χ0v) is 11.9. The molecule has 0 saturated heterocycles. The number of carboxylic acids is 1. The van der Waals surface area contributed by atoms with Crippen LogP contribution in [0.4, 0.5) is 4.79 Å². The Morgan fingerprint density at radius 1 is 1.50 bits per heavy atom. The molecule has 1 aromatic rings. The van der Waals surface area contributed by atoms with Gasteiger partial charge in [0.1, 0.15) is 6.04 Å². The van der Waals surface area contributed by atoms with Gasteiger partial charge in [-0.1, -0.05) is 33.6 Å². The number of rotatable bonds is 4. The van der Waals surface area contributed by atoms with Crippen molar-refractivity contribution in [3.05, 3.63) is 33.3 Å². The fraction of sp³-hybridized carbons (Fsp3) is 0.273. The van der Waals surface area contributed by atoms with Crippen LogP contribution >= 0.6 is 27.5 Å². The van der Waals surface area contributed by atoms with Gasteiger partial charge < -0.3 is 15.7 Å². The normalized spacial score (nSPS) is 11.7. The molecule has 1 aromatic carbocycles. The Morgan fingerprint density at radius 2 is 2.17 bits per heavy atom. The number of hydrogen-bond donors (Lipinski definition) is 3. The van der Waals surface area contributed by atoms with Crippen molar-refractivity contribution in [3.8, 4) is 0 Å². The summed E-state index contributed by atoms with van der Waals surface area (Å²) in [7, 11) is 0. The van der Waals surface area contributed by atoms with E-state index in [1.54, 1.807) is 18.2 Å². The van der Waals surface area contributed by atoms with Crippen molar-refractivity contribution in [2.24, 2.45) is 0 Å². The molecule has 3 N–H and O–H groups in total. The van der Waals surface area contributed by atoms with Crippen molar-refractivity contribution < 1.29 is 14.7 Å². The van der Waals surface area contributed by atoms with Crippen LogP contribution in [0.2, 0.25) is 5.02 Å². The van der Waals surface area contributed by atoms with Crippen molar-refractivity contribution in [1.82, 2.24) is 10.6 Å². The Kier molecular flexibility index (Phi) is 5.43. The lowest BCUT2D eigenvalue weighted by atomic mass is 10.2. The minimum Gasteiger partial charge on any atom is -0.480 e. The fourth-order valence-electron chi connectivity index (χ4n) is 1.15. The molecule has 1 unspecified atom stereocenters. The molecule has 0 radical (unpaired) electrons. The first-order chi connectivity index (χ1) is 8.40. The molecule has 0 aliphatic heterocycles. The van der Waals surface area contributed by atoms with E-state index in [1.165, 1.54) is 6.92 Å². The number of nitrogens with one attached hydrogen (secondary N) is 2. The van der Waals surface area contributed by atoms with Crippen LogP contribution < -0.4 is 10.6 Å². The molecule has 0 heterocycles. The molecular weight excluding hydrogens is 323 g/mol. The fourth-order valence-corrected chi connectivity index (χ4v) is 1.89. The monoisotopic (exact) mass is 334 g/mol. The average molecular weight is 336 g/mol. The predicted octanol–water partition coefficient (Wildman–Crippen LogP) is 2.37. The van der Waals surface area contributed by atoms with Gasteiger partial charge in [0, 0.05) is 16.0 Å². The molecule has 0 aliphatic rings. The van der Waals surface area contributed by atoms with Gasteiger partial charge in [0.05, 0.1) is 0 Å². The Morgan fingerprint density at radius 3 is 2.72 bits per heavy atom. The molecule has 98 valence electrons. The molecule has 0 bridgehead atoms.